The molecule has 0 spiro atoms. The van der Waals surface area contributed by atoms with Gasteiger partial charge in [-0.25, -0.2) is 4.39 Å². The SMILES string of the molecule is CCCNC(c1cc(Br)ccc1F)c1snnc1C(C)C. The van der Waals surface area contributed by atoms with Crippen LogP contribution in [0, 0.1) is 5.82 Å². The van der Waals surface area contributed by atoms with E-state index in [-0.39, 0.29) is 17.8 Å². The summed E-state index contributed by atoms with van der Waals surface area (Å²) in [6.07, 6.45) is 0.982. The molecule has 0 saturated heterocycles. The second-order valence-electron chi connectivity index (χ2n) is 5.23. The van der Waals surface area contributed by atoms with Crippen molar-refractivity contribution in [2.24, 2.45) is 0 Å². The monoisotopic (exact) mass is 371 g/mol. The van der Waals surface area contributed by atoms with Gasteiger partial charge < -0.3 is 5.32 Å². The molecular weight excluding hydrogens is 353 g/mol. The Labute approximate surface area is 137 Å². The van der Waals surface area contributed by atoms with Crippen LogP contribution in [0.25, 0.3) is 0 Å². The summed E-state index contributed by atoms with van der Waals surface area (Å²) in [5, 5.41) is 7.64. The molecule has 0 fully saturated rings. The zero-order valence-corrected chi connectivity index (χ0v) is 14.8. The highest BCUT2D eigenvalue weighted by molar-refractivity contribution is 9.10. The Morgan fingerprint density at radius 1 is 1.38 bits per heavy atom. The third-order valence-electron chi connectivity index (χ3n) is 3.22. The van der Waals surface area contributed by atoms with Crippen molar-refractivity contribution in [3.05, 3.63) is 44.6 Å². The molecule has 0 amide bonds. The zero-order chi connectivity index (χ0) is 15.4. The molecule has 0 saturated carbocycles. The van der Waals surface area contributed by atoms with E-state index in [0.717, 1.165) is 28.0 Å². The number of rotatable bonds is 6. The summed E-state index contributed by atoms with van der Waals surface area (Å²) in [5.41, 5.74) is 1.57. The molecule has 1 aromatic heterocycles. The second-order valence-corrected chi connectivity index (χ2v) is 6.93. The van der Waals surface area contributed by atoms with Crippen LogP contribution in [0.4, 0.5) is 4.39 Å². The lowest BCUT2D eigenvalue weighted by Crippen LogP contribution is -2.24. The first-order chi connectivity index (χ1) is 10.0. The van der Waals surface area contributed by atoms with E-state index in [9.17, 15) is 4.39 Å². The van der Waals surface area contributed by atoms with Crippen molar-refractivity contribution < 1.29 is 4.39 Å². The average Bonchev–Trinajstić information content (AvgIpc) is 2.92. The van der Waals surface area contributed by atoms with Crippen LogP contribution in [0.3, 0.4) is 0 Å². The van der Waals surface area contributed by atoms with Gasteiger partial charge in [-0.05, 0) is 48.6 Å². The van der Waals surface area contributed by atoms with Gasteiger partial charge in [-0.15, -0.1) is 5.10 Å². The number of halogens is 2. The van der Waals surface area contributed by atoms with Gasteiger partial charge in [0.2, 0.25) is 0 Å². The van der Waals surface area contributed by atoms with Crippen LogP contribution >= 0.6 is 27.5 Å². The maximum atomic E-state index is 14.3. The maximum absolute atomic E-state index is 14.3. The van der Waals surface area contributed by atoms with Crippen molar-refractivity contribution in [1.82, 2.24) is 14.9 Å². The number of nitrogens with one attached hydrogen (secondary N) is 1. The van der Waals surface area contributed by atoms with Gasteiger partial charge in [0, 0.05) is 10.0 Å². The summed E-state index contributed by atoms with van der Waals surface area (Å²) >= 11 is 4.76. The minimum absolute atomic E-state index is 0.208. The molecule has 3 nitrogen and oxygen atoms in total. The third-order valence-corrected chi connectivity index (χ3v) is 4.51. The molecule has 1 N–H and O–H groups in total. The molecule has 0 aliphatic carbocycles. The van der Waals surface area contributed by atoms with Gasteiger partial charge in [0.05, 0.1) is 16.6 Å². The molecule has 6 heteroatoms. The Morgan fingerprint density at radius 3 is 2.81 bits per heavy atom. The fourth-order valence-electron chi connectivity index (χ4n) is 2.17. The highest BCUT2D eigenvalue weighted by Gasteiger charge is 2.24. The van der Waals surface area contributed by atoms with E-state index in [0.29, 0.717) is 5.56 Å². The molecule has 114 valence electrons. The number of hydrogen-bond acceptors (Lipinski definition) is 4. The summed E-state index contributed by atoms with van der Waals surface area (Å²) in [7, 11) is 0. The summed E-state index contributed by atoms with van der Waals surface area (Å²) in [4.78, 5) is 0.996. The topological polar surface area (TPSA) is 37.8 Å². The van der Waals surface area contributed by atoms with Crippen LogP contribution in [-0.2, 0) is 0 Å². The van der Waals surface area contributed by atoms with Crippen LogP contribution in [-0.4, -0.2) is 16.1 Å². The fourth-order valence-corrected chi connectivity index (χ4v) is 3.45. The maximum Gasteiger partial charge on any atom is 0.128 e. The van der Waals surface area contributed by atoms with Gasteiger partial charge in [-0.2, -0.15) is 0 Å². The lowest BCUT2D eigenvalue weighted by molar-refractivity contribution is 0.546. The third kappa shape index (κ3) is 3.87. The molecule has 21 heavy (non-hydrogen) atoms. The largest absolute Gasteiger partial charge is 0.305 e. The molecule has 0 aliphatic heterocycles. The molecule has 0 bridgehead atoms. The molecule has 1 unspecified atom stereocenters. The van der Waals surface area contributed by atoms with E-state index in [2.05, 4.69) is 51.6 Å². The summed E-state index contributed by atoms with van der Waals surface area (Å²) in [6, 6.07) is 4.82. The van der Waals surface area contributed by atoms with Gasteiger partial charge in [0.1, 0.15) is 5.82 Å². The van der Waals surface area contributed by atoms with Gasteiger partial charge >= 0.3 is 0 Å². The molecule has 1 heterocycles. The Kier molecular flexibility index (Phi) is 5.84. The minimum Gasteiger partial charge on any atom is -0.305 e. The predicted octanol–water partition coefficient (Wildman–Crippen LogP) is 4.65. The van der Waals surface area contributed by atoms with Crippen molar-refractivity contribution >= 4 is 27.5 Å². The van der Waals surface area contributed by atoms with E-state index >= 15 is 0 Å². The van der Waals surface area contributed by atoms with E-state index in [1.807, 2.05) is 6.07 Å². The van der Waals surface area contributed by atoms with Crippen LogP contribution in [0.15, 0.2) is 22.7 Å². The number of nitrogens with zero attached hydrogens (tertiary/aromatic N) is 2. The quantitative estimate of drug-likeness (QED) is 0.802. The Hall–Kier alpha value is -0.850. The van der Waals surface area contributed by atoms with Gasteiger partial charge in [-0.3, -0.25) is 0 Å². The molecule has 1 atom stereocenters. The lowest BCUT2D eigenvalue weighted by atomic mass is 9.99. The highest BCUT2D eigenvalue weighted by Crippen LogP contribution is 2.33. The summed E-state index contributed by atoms with van der Waals surface area (Å²) in [6.45, 7) is 7.06. The average molecular weight is 372 g/mol. The van der Waals surface area contributed by atoms with E-state index in [1.54, 1.807) is 6.07 Å². The van der Waals surface area contributed by atoms with E-state index < -0.39 is 0 Å². The predicted molar refractivity (Wildman–Crippen MR) is 88.2 cm³/mol. The van der Waals surface area contributed by atoms with Crippen molar-refractivity contribution in [2.75, 3.05) is 6.54 Å². The Balaban J connectivity index is 2.47. The van der Waals surface area contributed by atoms with Crippen molar-refractivity contribution in [3.63, 3.8) is 0 Å². The molecule has 0 aliphatic rings. The fraction of sp³-hybridized carbons (Fsp3) is 0.467. The summed E-state index contributed by atoms with van der Waals surface area (Å²) in [5.74, 6) is 0.0507. The smallest absolute Gasteiger partial charge is 0.128 e. The molecule has 0 radical (unpaired) electrons. The van der Waals surface area contributed by atoms with Crippen LogP contribution in [0.5, 0.6) is 0 Å². The van der Waals surface area contributed by atoms with Crippen LogP contribution in [0.1, 0.15) is 55.3 Å². The van der Waals surface area contributed by atoms with Crippen LogP contribution in [0.2, 0.25) is 0 Å². The zero-order valence-electron chi connectivity index (χ0n) is 12.4. The Morgan fingerprint density at radius 2 is 2.14 bits per heavy atom. The van der Waals surface area contributed by atoms with Gasteiger partial charge in [0.15, 0.2) is 0 Å². The number of benzene rings is 1. The van der Waals surface area contributed by atoms with Gasteiger partial charge in [-0.1, -0.05) is 41.2 Å². The van der Waals surface area contributed by atoms with E-state index in [1.165, 1.54) is 17.6 Å². The highest BCUT2D eigenvalue weighted by atomic mass is 79.9. The molecule has 2 rings (SSSR count). The molecule has 1 aromatic carbocycles. The summed E-state index contributed by atoms with van der Waals surface area (Å²) < 4.78 is 19.2. The second kappa shape index (κ2) is 7.42. The normalized spacial score (nSPS) is 12.9. The first kappa shape index (κ1) is 16.5. The van der Waals surface area contributed by atoms with Gasteiger partial charge in [0.25, 0.3) is 0 Å². The van der Waals surface area contributed by atoms with Crippen molar-refractivity contribution in [1.29, 1.82) is 0 Å². The standard InChI is InChI=1S/C15H19BrFN3S/c1-4-7-18-14(11-8-10(16)5-6-12(11)17)15-13(9(2)3)19-20-21-15/h5-6,8-9,14,18H,4,7H2,1-3H3. The van der Waals surface area contributed by atoms with Crippen LogP contribution < -0.4 is 5.32 Å². The first-order valence-electron chi connectivity index (χ1n) is 7.05. The minimum atomic E-state index is -0.213. The lowest BCUT2D eigenvalue weighted by Gasteiger charge is -2.20. The molecule has 2 aromatic rings. The van der Waals surface area contributed by atoms with E-state index in [4.69, 9.17) is 0 Å². The molecular formula is C15H19BrFN3S. The van der Waals surface area contributed by atoms with Crippen molar-refractivity contribution in [3.8, 4) is 0 Å². The Bertz CT molecular complexity index is 600. The number of aromatic nitrogens is 2. The first-order valence-corrected chi connectivity index (χ1v) is 8.61. The number of hydrogen-bond donors (Lipinski definition) is 1. The van der Waals surface area contributed by atoms with Crippen molar-refractivity contribution in [2.45, 2.75) is 39.2 Å².